The number of hydrogen-bond donors (Lipinski definition) is 6. The summed E-state index contributed by atoms with van der Waals surface area (Å²) in [6, 6.07) is 6.22. The minimum Gasteiger partial charge on any atom is -0.506 e. The number of benzene rings is 4. The first kappa shape index (κ1) is 27.6. The zero-order chi connectivity index (χ0) is 30.5. The molecule has 0 radical (unpaired) electrons. The highest BCUT2D eigenvalue weighted by atomic mass is 16.5. The quantitative estimate of drug-likeness (QED) is 0.207. The third kappa shape index (κ3) is 3.93. The van der Waals surface area contributed by atoms with Crippen LogP contribution in [-0.2, 0) is 12.8 Å². The minimum atomic E-state index is -1.29. The predicted molar refractivity (Wildman–Crippen MR) is 153 cm³/mol. The first-order valence-electron chi connectivity index (χ1n) is 13.4. The molecule has 2 aliphatic rings. The molecular formula is C32H30O10. The van der Waals surface area contributed by atoms with Crippen LogP contribution in [-0.4, -0.2) is 67.6 Å². The van der Waals surface area contributed by atoms with Crippen molar-refractivity contribution >= 4 is 33.1 Å². The molecule has 0 saturated heterocycles. The zero-order valence-corrected chi connectivity index (χ0v) is 23.5. The molecule has 0 fully saturated rings. The van der Waals surface area contributed by atoms with Gasteiger partial charge in [0.15, 0.2) is 11.6 Å². The number of ether oxygens (including phenoxy) is 2. The van der Waals surface area contributed by atoms with E-state index in [9.17, 15) is 40.2 Å². The van der Waals surface area contributed by atoms with Gasteiger partial charge in [-0.05, 0) is 60.0 Å². The van der Waals surface area contributed by atoms with Gasteiger partial charge in [0.25, 0.3) is 0 Å². The molecule has 218 valence electrons. The fourth-order valence-corrected chi connectivity index (χ4v) is 6.65. The van der Waals surface area contributed by atoms with Crippen molar-refractivity contribution in [3.8, 4) is 45.6 Å². The molecule has 0 amide bonds. The molecule has 0 aromatic heterocycles. The normalized spacial score (nSPS) is 21.9. The number of Topliss-reactive ketones (excluding diaryl/α,β-unsaturated/α-hetero) is 2. The molecule has 0 spiro atoms. The van der Waals surface area contributed by atoms with Gasteiger partial charge in [-0.2, -0.15) is 0 Å². The summed E-state index contributed by atoms with van der Waals surface area (Å²) in [5.74, 6) is -2.81. The van der Waals surface area contributed by atoms with E-state index < -0.39 is 45.8 Å². The molecule has 2 atom stereocenters. The van der Waals surface area contributed by atoms with Gasteiger partial charge >= 0.3 is 0 Å². The summed E-state index contributed by atoms with van der Waals surface area (Å²) in [4.78, 5) is 25.8. The van der Waals surface area contributed by atoms with Crippen LogP contribution in [0, 0.1) is 0 Å². The van der Waals surface area contributed by atoms with E-state index >= 15 is 0 Å². The fourth-order valence-electron chi connectivity index (χ4n) is 6.65. The van der Waals surface area contributed by atoms with Gasteiger partial charge in [-0.15, -0.1) is 0 Å². The smallest absolute Gasteiger partial charge is 0.169 e. The van der Waals surface area contributed by atoms with Gasteiger partial charge in [-0.3, -0.25) is 9.59 Å². The van der Waals surface area contributed by atoms with Gasteiger partial charge in [-0.25, -0.2) is 0 Å². The van der Waals surface area contributed by atoms with E-state index in [0.29, 0.717) is 21.9 Å². The number of carbonyl (C=O) groups is 2. The minimum absolute atomic E-state index is 0.00573. The second-order valence-corrected chi connectivity index (χ2v) is 11.9. The number of rotatable bonds is 3. The van der Waals surface area contributed by atoms with Crippen molar-refractivity contribution in [2.45, 2.75) is 50.7 Å². The number of aliphatic hydroxyl groups is 2. The van der Waals surface area contributed by atoms with Crippen LogP contribution >= 0.6 is 0 Å². The molecule has 4 aromatic carbocycles. The van der Waals surface area contributed by atoms with E-state index in [1.807, 2.05) is 0 Å². The number of fused-ring (bicyclic) bond motifs is 4. The third-order valence-corrected chi connectivity index (χ3v) is 8.31. The summed E-state index contributed by atoms with van der Waals surface area (Å²) in [6.07, 6.45) is -0.196. The van der Waals surface area contributed by atoms with E-state index in [0.717, 1.165) is 0 Å². The lowest BCUT2D eigenvalue weighted by Crippen LogP contribution is -2.35. The molecule has 0 heterocycles. The first-order valence-corrected chi connectivity index (χ1v) is 13.4. The molecule has 0 aliphatic heterocycles. The standard InChI is InChI=1S/C32H30O10/c1-31(39)9-15-5-13-7-19(41-3)25(29(37)23(13)27(35)21(15)17(33)11-31)26-20(42-4)8-14-6-16-10-32(2,40)12-18(34)22(16)28(36)24(14)30(26)38/h5-8,35-40H,9-12H2,1-4H3. The number of phenolic OH excluding ortho intramolecular Hbond substituents is 4. The average molecular weight is 575 g/mol. The molecule has 6 rings (SSSR count). The molecule has 0 bridgehead atoms. The maximum absolute atomic E-state index is 12.9. The average Bonchev–Trinajstić information content (AvgIpc) is 2.86. The van der Waals surface area contributed by atoms with E-state index in [1.54, 1.807) is 12.1 Å². The summed E-state index contributed by atoms with van der Waals surface area (Å²) >= 11 is 0. The number of ketones is 2. The van der Waals surface area contributed by atoms with Crippen LogP contribution < -0.4 is 9.47 Å². The number of carbonyl (C=O) groups excluding carboxylic acids is 2. The Bertz CT molecular complexity index is 1750. The highest BCUT2D eigenvalue weighted by Gasteiger charge is 2.38. The Morgan fingerprint density at radius 1 is 0.571 bits per heavy atom. The van der Waals surface area contributed by atoms with Crippen LogP contribution in [0.3, 0.4) is 0 Å². The van der Waals surface area contributed by atoms with Gasteiger partial charge in [0.2, 0.25) is 0 Å². The van der Waals surface area contributed by atoms with Crippen molar-refractivity contribution in [2.24, 2.45) is 0 Å². The van der Waals surface area contributed by atoms with Gasteiger partial charge in [0, 0.05) is 25.7 Å². The monoisotopic (exact) mass is 574 g/mol. The Kier molecular flexibility index (Phi) is 5.90. The van der Waals surface area contributed by atoms with Crippen molar-refractivity contribution in [3.05, 3.63) is 46.5 Å². The Hall–Kier alpha value is -4.54. The van der Waals surface area contributed by atoms with Crippen LogP contribution in [0.15, 0.2) is 24.3 Å². The van der Waals surface area contributed by atoms with Crippen molar-refractivity contribution in [1.82, 2.24) is 0 Å². The number of phenols is 4. The molecule has 2 unspecified atom stereocenters. The summed E-state index contributed by atoms with van der Waals surface area (Å²) in [5.41, 5.74) is -1.93. The van der Waals surface area contributed by atoms with Crippen LogP contribution in [0.1, 0.15) is 58.5 Å². The van der Waals surface area contributed by atoms with E-state index in [2.05, 4.69) is 0 Å². The van der Waals surface area contributed by atoms with Gasteiger partial charge in [0.05, 0.1) is 58.4 Å². The van der Waals surface area contributed by atoms with Crippen LogP contribution in [0.2, 0.25) is 0 Å². The first-order chi connectivity index (χ1) is 19.7. The van der Waals surface area contributed by atoms with Crippen molar-refractivity contribution in [1.29, 1.82) is 0 Å². The van der Waals surface area contributed by atoms with Crippen LogP contribution in [0.4, 0.5) is 0 Å². The molecule has 4 aromatic rings. The summed E-state index contributed by atoms with van der Waals surface area (Å²) in [6.45, 7) is 3.07. The molecule has 6 N–H and O–H groups in total. The maximum atomic E-state index is 12.9. The number of aromatic hydroxyl groups is 4. The van der Waals surface area contributed by atoms with E-state index in [1.165, 1.54) is 40.2 Å². The lowest BCUT2D eigenvalue weighted by atomic mass is 9.78. The van der Waals surface area contributed by atoms with Gasteiger partial charge < -0.3 is 40.1 Å². The molecule has 0 saturated carbocycles. The summed E-state index contributed by atoms with van der Waals surface area (Å²) in [7, 11) is 2.69. The second kappa shape index (κ2) is 8.98. The summed E-state index contributed by atoms with van der Waals surface area (Å²) in [5, 5.41) is 67.4. The molecule has 42 heavy (non-hydrogen) atoms. The lowest BCUT2D eigenvalue weighted by molar-refractivity contribution is 0.0396. The summed E-state index contributed by atoms with van der Waals surface area (Å²) < 4.78 is 11.2. The SMILES string of the molecule is COc1cc2cc3c(c(O)c2c(O)c1-c1c(OC)cc2cc4c(c(O)c2c1O)C(=O)CC(C)(O)C4)C(=O)CC(C)(O)C3. The third-order valence-electron chi connectivity index (χ3n) is 8.31. The second-order valence-electron chi connectivity index (χ2n) is 11.9. The Labute approximate surface area is 240 Å². The van der Waals surface area contributed by atoms with Crippen molar-refractivity contribution in [2.75, 3.05) is 14.2 Å². The van der Waals surface area contributed by atoms with Crippen molar-refractivity contribution in [3.63, 3.8) is 0 Å². The topological polar surface area (TPSA) is 174 Å². The molecule has 10 nitrogen and oxygen atoms in total. The van der Waals surface area contributed by atoms with Crippen LogP contribution in [0.5, 0.6) is 34.5 Å². The highest BCUT2D eigenvalue weighted by Crippen LogP contribution is 2.56. The van der Waals surface area contributed by atoms with Gasteiger partial charge in [-0.1, -0.05) is 0 Å². The van der Waals surface area contributed by atoms with Crippen molar-refractivity contribution < 1.29 is 49.7 Å². The predicted octanol–water partition coefficient (Wildman–Crippen LogP) is 4.26. The Balaban J connectivity index is 1.68. The Morgan fingerprint density at radius 2 is 0.905 bits per heavy atom. The number of methoxy groups -OCH3 is 2. The zero-order valence-electron chi connectivity index (χ0n) is 23.5. The lowest BCUT2D eigenvalue weighted by Gasteiger charge is -2.30. The molecular weight excluding hydrogens is 544 g/mol. The molecule has 2 aliphatic carbocycles. The van der Waals surface area contributed by atoms with E-state index in [-0.39, 0.29) is 70.2 Å². The Morgan fingerprint density at radius 3 is 1.24 bits per heavy atom. The fraction of sp³-hybridized carbons (Fsp3) is 0.312. The molecule has 10 heteroatoms. The van der Waals surface area contributed by atoms with Gasteiger partial charge in [0.1, 0.15) is 34.5 Å². The maximum Gasteiger partial charge on any atom is 0.169 e. The number of hydrogen-bond acceptors (Lipinski definition) is 10. The largest absolute Gasteiger partial charge is 0.506 e. The van der Waals surface area contributed by atoms with E-state index in [4.69, 9.17) is 9.47 Å². The van der Waals surface area contributed by atoms with Crippen LogP contribution in [0.25, 0.3) is 32.7 Å². The highest BCUT2D eigenvalue weighted by molar-refractivity contribution is 6.14.